The third-order valence-electron chi connectivity index (χ3n) is 2.21. The first-order valence-corrected chi connectivity index (χ1v) is 9.61. The van der Waals surface area contributed by atoms with Crippen molar-refractivity contribution in [3.63, 3.8) is 0 Å². The molecule has 0 aromatic carbocycles. The molecular formula is C10H24Ge. The molecule has 0 bridgehead atoms. The van der Waals surface area contributed by atoms with Gasteiger partial charge in [-0.1, -0.05) is 0 Å². The van der Waals surface area contributed by atoms with E-state index in [2.05, 4.69) is 13.8 Å². The van der Waals surface area contributed by atoms with Gasteiger partial charge >= 0.3 is 78.3 Å². The van der Waals surface area contributed by atoms with E-state index in [-0.39, 0.29) is 15.4 Å². The summed E-state index contributed by atoms with van der Waals surface area (Å²) in [7, 11) is 0. The fourth-order valence-electron chi connectivity index (χ4n) is 1.38. The van der Waals surface area contributed by atoms with Gasteiger partial charge in [0.25, 0.3) is 0 Å². The van der Waals surface area contributed by atoms with Gasteiger partial charge in [-0.3, -0.25) is 0 Å². The van der Waals surface area contributed by atoms with E-state index in [9.17, 15) is 0 Å². The Kier molecular flexibility index (Phi) is 11.1. The maximum atomic E-state index is 2.30. The van der Waals surface area contributed by atoms with Crippen molar-refractivity contribution < 1.29 is 0 Å². The van der Waals surface area contributed by atoms with Gasteiger partial charge < -0.3 is 0 Å². The van der Waals surface area contributed by atoms with Crippen molar-refractivity contribution in [1.82, 2.24) is 0 Å². The molecule has 0 nitrogen and oxygen atoms in total. The average molecular weight is 217 g/mol. The summed E-state index contributed by atoms with van der Waals surface area (Å²) in [6.07, 6.45) is 8.86. The average Bonchev–Trinajstić information content (AvgIpc) is 2.03. The van der Waals surface area contributed by atoms with E-state index in [1.807, 2.05) is 0 Å². The second-order valence-corrected chi connectivity index (χ2v) is 7.93. The molecule has 0 saturated heterocycles. The normalized spacial score (nSPS) is 10.4. The van der Waals surface area contributed by atoms with Crippen LogP contribution < -0.4 is 0 Å². The molecule has 0 unspecified atom stereocenters. The molecule has 0 fully saturated rings. The van der Waals surface area contributed by atoms with E-state index in [1.165, 1.54) is 25.7 Å². The van der Waals surface area contributed by atoms with E-state index >= 15 is 0 Å². The molecule has 0 spiro atoms. The van der Waals surface area contributed by atoms with Crippen LogP contribution in [0.5, 0.6) is 0 Å². The number of hydrogen-bond donors (Lipinski definition) is 0. The Morgan fingerprint density at radius 1 is 0.727 bits per heavy atom. The zero-order valence-corrected chi connectivity index (χ0v) is 11.3. The molecule has 0 aromatic heterocycles. The zero-order valence-electron chi connectivity index (χ0n) is 8.36. The molecule has 0 rings (SSSR count). The summed E-state index contributed by atoms with van der Waals surface area (Å²) in [4.78, 5) is 0. The first-order chi connectivity index (χ1) is 5.41. The van der Waals surface area contributed by atoms with Crippen LogP contribution in [0.25, 0.3) is 0 Å². The molecule has 0 aliphatic carbocycles. The maximum absolute atomic E-state index is 2.30. The third-order valence-corrected chi connectivity index (χ3v) is 6.40. The summed E-state index contributed by atoms with van der Waals surface area (Å²) in [5.74, 6) is 0. The summed E-state index contributed by atoms with van der Waals surface area (Å²) in [6, 6.07) is 0. The predicted octanol–water partition coefficient (Wildman–Crippen LogP) is 3.37. The van der Waals surface area contributed by atoms with Crippen molar-refractivity contribution in [3.8, 4) is 0 Å². The molecule has 0 aromatic rings. The summed E-state index contributed by atoms with van der Waals surface area (Å²) >= 11 is -0.0149. The van der Waals surface area contributed by atoms with Crippen molar-refractivity contribution >= 4 is 15.4 Å². The first-order valence-electron chi connectivity index (χ1n) is 5.41. The molecule has 0 aliphatic heterocycles. The van der Waals surface area contributed by atoms with Crippen molar-refractivity contribution in [3.05, 3.63) is 0 Å². The van der Waals surface area contributed by atoms with Gasteiger partial charge in [0.2, 0.25) is 0 Å². The van der Waals surface area contributed by atoms with Crippen molar-refractivity contribution in [2.75, 3.05) is 0 Å². The van der Waals surface area contributed by atoms with Crippen LogP contribution in [0.15, 0.2) is 0 Å². The summed E-state index contributed by atoms with van der Waals surface area (Å²) < 4.78 is 0. The van der Waals surface area contributed by atoms with Gasteiger partial charge in [0, 0.05) is 0 Å². The van der Waals surface area contributed by atoms with Crippen LogP contribution in [0.4, 0.5) is 0 Å². The van der Waals surface area contributed by atoms with Crippen LogP contribution >= 0.6 is 0 Å². The molecule has 0 N–H and O–H groups in total. The fraction of sp³-hybridized carbons (Fsp3) is 1.00. The van der Waals surface area contributed by atoms with E-state index in [4.69, 9.17) is 0 Å². The van der Waals surface area contributed by atoms with Gasteiger partial charge in [0.15, 0.2) is 0 Å². The topological polar surface area (TPSA) is 0 Å². The summed E-state index contributed by atoms with van der Waals surface area (Å²) in [6.45, 7) is 4.59. The minimum atomic E-state index is -0.0149. The van der Waals surface area contributed by atoms with E-state index in [1.54, 1.807) is 23.3 Å². The Balaban J connectivity index is 2.69. The quantitative estimate of drug-likeness (QED) is 0.431. The molecule has 0 atom stereocenters. The third kappa shape index (κ3) is 10.5. The van der Waals surface area contributed by atoms with Crippen LogP contribution in [-0.4, -0.2) is 15.4 Å². The van der Waals surface area contributed by atoms with Gasteiger partial charge in [-0.15, -0.1) is 0 Å². The predicted molar refractivity (Wildman–Crippen MR) is 57.2 cm³/mol. The molecule has 0 amide bonds. The Bertz CT molecular complexity index is 53.9. The molecule has 0 saturated carbocycles. The van der Waals surface area contributed by atoms with Crippen molar-refractivity contribution in [1.29, 1.82) is 0 Å². The van der Waals surface area contributed by atoms with Crippen LogP contribution in [0.2, 0.25) is 10.5 Å². The van der Waals surface area contributed by atoms with E-state index in [0.29, 0.717) is 0 Å². The Hall–Kier alpha value is 0.543. The molecule has 11 heavy (non-hydrogen) atoms. The number of hydrogen-bond acceptors (Lipinski definition) is 0. The molecule has 68 valence electrons. The fourth-order valence-corrected chi connectivity index (χ4v) is 5.09. The number of unbranched alkanes of at least 4 members (excludes halogenated alkanes) is 4. The van der Waals surface area contributed by atoms with E-state index in [0.717, 1.165) is 0 Å². The second kappa shape index (κ2) is 10.5. The Morgan fingerprint density at radius 2 is 1.18 bits per heavy atom. The van der Waals surface area contributed by atoms with Crippen LogP contribution in [0, 0.1) is 0 Å². The second-order valence-electron chi connectivity index (χ2n) is 3.47. The minimum absolute atomic E-state index is 0.0149. The van der Waals surface area contributed by atoms with Gasteiger partial charge in [-0.2, -0.15) is 0 Å². The van der Waals surface area contributed by atoms with Gasteiger partial charge in [-0.05, 0) is 0 Å². The van der Waals surface area contributed by atoms with Gasteiger partial charge in [-0.25, -0.2) is 0 Å². The van der Waals surface area contributed by atoms with Crippen LogP contribution in [0.3, 0.4) is 0 Å². The van der Waals surface area contributed by atoms with E-state index < -0.39 is 0 Å². The van der Waals surface area contributed by atoms with Crippen LogP contribution in [0.1, 0.15) is 52.4 Å². The van der Waals surface area contributed by atoms with Crippen LogP contribution in [-0.2, 0) is 0 Å². The van der Waals surface area contributed by atoms with Gasteiger partial charge in [0.1, 0.15) is 0 Å². The van der Waals surface area contributed by atoms with Gasteiger partial charge in [0.05, 0.1) is 0 Å². The zero-order chi connectivity index (χ0) is 8.36. The summed E-state index contributed by atoms with van der Waals surface area (Å²) in [5, 5.41) is 3.31. The molecule has 0 radical (unpaired) electrons. The SMILES string of the molecule is CCCC[CH2][GeH2][CH2]CCCC. The Morgan fingerprint density at radius 3 is 1.55 bits per heavy atom. The molecular weight excluding hydrogens is 193 g/mol. The monoisotopic (exact) mass is 218 g/mol. The Labute approximate surface area is 78.6 Å². The first kappa shape index (κ1) is 11.5. The standard InChI is InChI=1S/C10H24Ge/c1-3-5-7-9-11-10-8-6-4-2/h3-11H2,1-2H3. The number of rotatable bonds is 8. The summed E-state index contributed by atoms with van der Waals surface area (Å²) in [5.41, 5.74) is 0. The van der Waals surface area contributed by atoms with Crippen molar-refractivity contribution in [2.24, 2.45) is 0 Å². The molecule has 1 heteroatoms. The molecule has 0 aliphatic rings. The molecule has 0 heterocycles. The van der Waals surface area contributed by atoms with Crippen molar-refractivity contribution in [2.45, 2.75) is 62.9 Å².